The van der Waals surface area contributed by atoms with Gasteiger partial charge in [-0.2, -0.15) is 0 Å². The van der Waals surface area contributed by atoms with Crippen molar-refractivity contribution in [3.05, 3.63) is 58.7 Å². The molecule has 0 aliphatic heterocycles. The molecule has 0 atom stereocenters. The van der Waals surface area contributed by atoms with Crippen LogP contribution in [-0.4, -0.2) is 10.1 Å². The molecule has 0 spiro atoms. The molecule has 0 saturated carbocycles. The van der Waals surface area contributed by atoms with Crippen LogP contribution in [0.25, 0.3) is 10.9 Å². The van der Waals surface area contributed by atoms with Crippen molar-refractivity contribution in [2.24, 2.45) is 0 Å². The molecule has 4 heteroatoms. The fourth-order valence-corrected chi connectivity index (χ4v) is 2.39. The Balaban J connectivity index is 1.81. The summed E-state index contributed by atoms with van der Waals surface area (Å²) in [6, 6.07) is 11.4. The number of anilines is 1. The molecule has 0 amide bonds. The van der Waals surface area contributed by atoms with Crippen molar-refractivity contribution >= 4 is 28.2 Å². The third-order valence-corrected chi connectivity index (χ3v) is 3.66. The molecule has 0 fully saturated rings. The highest BCUT2D eigenvalue weighted by molar-refractivity contribution is 6.31. The monoisotopic (exact) mass is 286 g/mol. The van der Waals surface area contributed by atoms with Crippen LogP contribution in [0, 0.1) is 6.92 Å². The molecule has 102 valence electrons. The van der Waals surface area contributed by atoms with Crippen molar-refractivity contribution in [1.29, 1.82) is 0 Å². The minimum atomic E-state index is 0.306. The molecule has 0 aliphatic carbocycles. The molecule has 3 N–H and O–H groups in total. The highest BCUT2D eigenvalue weighted by atomic mass is 35.5. The Morgan fingerprint density at radius 1 is 1.20 bits per heavy atom. The molecule has 0 saturated heterocycles. The Kier molecular flexibility index (Phi) is 3.28. The van der Waals surface area contributed by atoms with Crippen molar-refractivity contribution in [3.8, 4) is 5.75 Å². The minimum absolute atomic E-state index is 0.306. The first-order valence-electron chi connectivity index (χ1n) is 6.42. The zero-order chi connectivity index (χ0) is 14.1. The van der Waals surface area contributed by atoms with Gasteiger partial charge >= 0.3 is 0 Å². The number of halogens is 1. The summed E-state index contributed by atoms with van der Waals surface area (Å²) in [4.78, 5) is 3.21. The number of phenols is 1. The van der Waals surface area contributed by atoms with Crippen molar-refractivity contribution in [1.82, 2.24) is 4.98 Å². The average Bonchev–Trinajstić information content (AvgIpc) is 2.82. The van der Waals surface area contributed by atoms with E-state index in [1.54, 1.807) is 6.07 Å². The van der Waals surface area contributed by atoms with Gasteiger partial charge in [-0.15, -0.1) is 0 Å². The van der Waals surface area contributed by atoms with E-state index < -0.39 is 0 Å². The third kappa shape index (κ3) is 2.45. The molecule has 0 unspecified atom stereocenters. The van der Waals surface area contributed by atoms with E-state index in [0.29, 0.717) is 12.3 Å². The first-order valence-corrected chi connectivity index (χ1v) is 6.80. The molecule has 3 aromatic rings. The highest BCUT2D eigenvalue weighted by Gasteiger charge is 2.04. The molecule has 0 aliphatic rings. The fraction of sp³-hybridized carbons (Fsp3) is 0.125. The Labute approximate surface area is 122 Å². The standard InChI is InChI=1S/C16H15ClN2O/c1-10-2-4-13(7-16(10)20)18-8-11-9-19-15-6-12(17)3-5-14(11)15/h2-7,9,18-20H,8H2,1H3. The van der Waals surface area contributed by atoms with Crippen LogP contribution < -0.4 is 5.32 Å². The summed E-state index contributed by atoms with van der Waals surface area (Å²) in [5, 5.41) is 14.9. The van der Waals surface area contributed by atoms with Crippen LogP contribution in [0.5, 0.6) is 5.75 Å². The van der Waals surface area contributed by atoms with E-state index in [-0.39, 0.29) is 0 Å². The average molecular weight is 287 g/mol. The number of rotatable bonds is 3. The Morgan fingerprint density at radius 3 is 2.85 bits per heavy atom. The molecule has 0 radical (unpaired) electrons. The van der Waals surface area contributed by atoms with Crippen molar-refractivity contribution in [2.45, 2.75) is 13.5 Å². The number of aromatic hydroxyl groups is 1. The molecular weight excluding hydrogens is 272 g/mol. The summed E-state index contributed by atoms with van der Waals surface area (Å²) in [7, 11) is 0. The van der Waals surface area contributed by atoms with Crippen LogP contribution >= 0.6 is 11.6 Å². The molecule has 0 bridgehead atoms. The first-order chi connectivity index (χ1) is 9.63. The topological polar surface area (TPSA) is 48.0 Å². The highest BCUT2D eigenvalue weighted by Crippen LogP contribution is 2.24. The Hall–Kier alpha value is -2.13. The summed E-state index contributed by atoms with van der Waals surface area (Å²) in [5.74, 6) is 0.306. The van der Waals surface area contributed by atoms with E-state index in [1.165, 1.54) is 0 Å². The van der Waals surface area contributed by atoms with Gasteiger partial charge in [-0.1, -0.05) is 23.7 Å². The second kappa shape index (κ2) is 5.10. The summed E-state index contributed by atoms with van der Waals surface area (Å²) in [6.45, 7) is 2.56. The van der Waals surface area contributed by atoms with Crippen LogP contribution in [0.15, 0.2) is 42.6 Å². The number of nitrogens with one attached hydrogen (secondary N) is 2. The quantitative estimate of drug-likeness (QED) is 0.666. The number of hydrogen-bond acceptors (Lipinski definition) is 2. The van der Waals surface area contributed by atoms with Crippen LogP contribution in [0.3, 0.4) is 0 Å². The van der Waals surface area contributed by atoms with Crippen molar-refractivity contribution in [2.75, 3.05) is 5.32 Å². The number of H-pyrrole nitrogens is 1. The summed E-state index contributed by atoms with van der Waals surface area (Å²) >= 11 is 5.97. The smallest absolute Gasteiger partial charge is 0.120 e. The number of aromatic amines is 1. The predicted molar refractivity (Wildman–Crippen MR) is 83.5 cm³/mol. The molecular formula is C16H15ClN2O. The van der Waals surface area contributed by atoms with Gasteiger partial charge in [0.1, 0.15) is 5.75 Å². The SMILES string of the molecule is Cc1ccc(NCc2c[nH]c3cc(Cl)ccc23)cc1O. The van der Waals surface area contributed by atoms with Crippen molar-refractivity contribution in [3.63, 3.8) is 0 Å². The summed E-state index contributed by atoms with van der Waals surface area (Å²) in [5.41, 5.74) is 3.96. The second-order valence-electron chi connectivity index (χ2n) is 4.86. The Morgan fingerprint density at radius 2 is 2.05 bits per heavy atom. The molecule has 2 aromatic carbocycles. The van der Waals surface area contributed by atoms with E-state index in [4.69, 9.17) is 11.6 Å². The lowest BCUT2D eigenvalue weighted by molar-refractivity contribution is 0.471. The van der Waals surface area contributed by atoms with Crippen LogP contribution in [-0.2, 0) is 6.54 Å². The van der Waals surface area contributed by atoms with E-state index in [2.05, 4.69) is 10.3 Å². The lowest BCUT2D eigenvalue weighted by Gasteiger charge is -2.07. The largest absolute Gasteiger partial charge is 0.508 e. The van der Waals surface area contributed by atoms with Crippen molar-refractivity contribution < 1.29 is 5.11 Å². The van der Waals surface area contributed by atoms with E-state index in [9.17, 15) is 5.11 Å². The third-order valence-electron chi connectivity index (χ3n) is 3.42. The predicted octanol–water partition coefficient (Wildman–Crippen LogP) is 4.45. The molecule has 1 heterocycles. The minimum Gasteiger partial charge on any atom is -0.508 e. The van der Waals surface area contributed by atoms with Gasteiger partial charge in [0, 0.05) is 40.4 Å². The van der Waals surface area contributed by atoms with E-state index in [0.717, 1.165) is 32.7 Å². The number of phenolic OH excluding ortho intramolecular Hbond substituents is 1. The second-order valence-corrected chi connectivity index (χ2v) is 5.30. The van der Waals surface area contributed by atoms with Gasteiger partial charge in [0.25, 0.3) is 0 Å². The molecule has 3 rings (SSSR count). The summed E-state index contributed by atoms with van der Waals surface area (Å²) in [6.07, 6.45) is 1.97. The number of aryl methyl sites for hydroxylation is 1. The summed E-state index contributed by atoms with van der Waals surface area (Å²) < 4.78 is 0. The van der Waals surface area contributed by atoms with Crippen LogP contribution in [0.4, 0.5) is 5.69 Å². The fourth-order valence-electron chi connectivity index (χ4n) is 2.22. The normalized spacial score (nSPS) is 10.9. The number of fused-ring (bicyclic) bond motifs is 1. The first kappa shape index (κ1) is 12.9. The zero-order valence-corrected chi connectivity index (χ0v) is 11.8. The molecule has 1 aromatic heterocycles. The van der Waals surface area contributed by atoms with Gasteiger partial charge < -0.3 is 15.4 Å². The molecule has 20 heavy (non-hydrogen) atoms. The van der Waals surface area contributed by atoms with Gasteiger partial charge in [-0.3, -0.25) is 0 Å². The van der Waals surface area contributed by atoms with E-state index >= 15 is 0 Å². The van der Waals surface area contributed by atoms with Gasteiger partial charge in [0.15, 0.2) is 0 Å². The van der Waals surface area contributed by atoms with Crippen LogP contribution in [0.2, 0.25) is 5.02 Å². The maximum Gasteiger partial charge on any atom is 0.120 e. The number of benzene rings is 2. The van der Waals surface area contributed by atoms with Gasteiger partial charge in [0.05, 0.1) is 0 Å². The van der Waals surface area contributed by atoms with Crippen LogP contribution in [0.1, 0.15) is 11.1 Å². The lowest BCUT2D eigenvalue weighted by Crippen LogP contribution is -1.98. The number of hydrogen-bond donors (Lipinski definition) is 3. The maximum absolute atomic E-state index is 9.70. The maximum atomic E-state index is 9.70. The number of aromatic nitrogens is 1. The van der Waals surface area contributed by atoms with Gasteiger partial charge in [0.2, 0.25) is 0 Å². The van der Waals surface area contributed by atoms with Gasteiger partial charge in [-0.25, -0.2) is 0 Å². The lowest BCUT2D eigenvalue weighted by atomic mass is 10.1. The van der Waals surface area contributed by atoms with E-state index in [1.807, 2.05) is 43.5 Å². The Bertz CT molecular complexity index is 764. The zero-order valence-electron chi connectivity index (χ0n) is 11.1. The molecule has 3 nitrogen and oxygen atoms in total. The van der Waals surface area contributed by atoms with Gasteiger partial charge in [-0.05, 0) is 36.2 Å².